The summed E-state index contributed by atoms with van der Waals surface area (Å²) in [6.45, 7) is 4.54. The summed E-state index contributed by atoms with van der Waals surface area (Å²) < 4.78 is 0. The molecule has 0 saturated heterocycles. The minimum Gasteiger partial charge on any atom is -0.326 e. The Hall–Kier alpha value is -2.37. The minimum absolute atomic E-state index is 0.0103. The van der Waals surface area contributed by atoms with Crippen LogP contribution in [0.2, 0.25) is 0 Å². The highest BCUT2D eigenvalue weighted by Crippen LogP contribution is 2.35. The zero-order chi connectivity index (χ0) is 28.3. The molecule has 1 aromatic rings. The maximum absolute atomic E-state index is 13.3. The maximum Gasteiger partial charge on any atom is 0.227 e. The molecule has 0 aromatic heterocycles. The smallest absolute Gasteiger partial charge is 0.227 e. The molecular weight excluding hydrogens is 498 g/mol. The third-order valence-electron chi connectivity index (χ3n) is 9.77. The summed E-state index contributed by atoms with van der Waals surface area (Å²) in [5.74, 6) is 1.55. The normalized spacial score (nSPS) is 23.8. The molecule has 0 unspecified atom stereocenters. The van der Waals surface area contributed by atoms with Gasteiger partial charge in [-0.25, -0.2) is 0 Å². The van der Waals surface area contributed by atoms with Crippen molar-refractivity contribution in [2.24, 2.45) is 29.6 Å². The highest BCUT2D eigenvalue weighted by atomic mass is 16.2. The zero-order valence-electron chi connectivity index (χ0n) is 25.1. The molecule has 222 valence electrons. The van der Waals surface area contributed by atoms with E-state index in [0.717, 1.165) is 77.0 Å². The number of amides is 3. The van der Waals surface area contributed by atoms with Gasteiger partial charge in [0.2, 0.25) is 17.7 Å². The van der Waals surface area contributed by atoms with Gasteiger partial charge in [0.1, 0.15) is 0 Å². The second-order valence-electron chi connectivity index (χ2n) is 13.2. The third kappa shape index (κ3) is 9.34. The first-order valence-corrected chi connectivity index (χ1v) is 16.5. The fourth-order valence-corrected chi connectivity index (χ4v) is 7.06. The summed E-state index contributed by atoms with van der Waals surface area (Å²) in [5.41, 5.74) is 1.92. The van der Waals surface area contributed by atoms with Gasteiger partial charge in [-0.1, -0.05) is 78.1 Å². The molecule has 0 radical (unpaired) electrons. The van der Waals surface area contributed by atoms with E-state index in [9.17, 15) is 14.4 Å². The van der Waals surface area contributed by atoms with E-state index < -0.39 is 0 Å². The minimum atomic E-state index is 0.0103. The molecule has 3 fully saturated rings. The average Bonchev–Trinajstić information content (AvgIpc) is 2.88. The molecule has 1 aromatic carbocycles. The van der Waals surface area contributed by atoms with E-state index in [2.05, 4.69) is 29.8 Å². The van der Waals surface area contributed by atoms with Gasteiger partial charge in [0.05, 0.1) is 0 Å². The molecule has 3 aliphatic rings. The first-order chi connectivity index (χ1) is 19.4. The van der Waals surface area contributed by atoms with E-state index in [1.165, 1.54) is 38.5 Å². The highest BCUT2D eigenvalue weighted by Gasteiger charge is 2.28. The van der Waals surface area contributed by atoms with E-state index >= 15 is 0 Å². The van der Waals surface area contributed by atoms with Gasteiger partial charge in [-0.05, 0) is 81.4 Å². The number of carbonyl (C=O) groups is 3. The van der Waals surface area contributed by atoms with Crippen LogP contribution < -0.4 is 16.0 Å². The Morgan fingerprint density at radius 1 is 0.500 bits per heavy atom. The largest absolute Gasteiger partial charge is 0.326 e. The van der Waals surface area contributed by atoms with Crippen molar-refractivity contribution in [1.82, 2.24) is 0 Å². The van der Waals surface area contributed by atoms with Crippen LogP contribution in [0.1, 0.15) is 129 Å². The number of benzene rings is 1. The van der Waals surface area contributed by atoms with Crippen molar-refractivity contribution in [2.75, 3.05) is 16.0 Å². The lowest BCUT2D eigenvalue weighted by atomic mass is 9.76. The lowest BCUT2D eigenvalue weighted by Gasteiger charge is -2.30. The summed E-state index contributed by atoms with van der Waals surface area (Å²) >= 11 is 0. The monoisotopic (exact) mass is 551 g/mol. The van der Waals surface area contributed by atoms with Crippen LogP contribution in [0, 0.1) is 29.6 Å². The molecule has 3 amide bonds. The Labute approximate surface area is 242 Å². The highest BCUT2D eigenvalue weighted by molar-refractivity contribution is 5.99. The number of nitrogens with one attached hydrogen (secondary N) is 3. The average molecular weight is 552 g/mol. The number of carbonyl (C=O) groups excluding carboxylic acids is 3. The SMILES string of the molecule is CC(C)[C@H]1CC[C@H](C(=O)Nc2cc(NC(=O)C3CCCCCCC3)cc(NC(=O)C3CCCCCCC3)c2)CC1. The second kappa shape index (κ2) is 15.6. The van der Waals surface area contributed by atoms with Gasteiger partial charge in [-0.3, -0.25) is 14.4 Å². The molecule has 3 saturated carbocycles. The van der Waals surface area contributed by atoms with E-state index in [-0.39, 0.29) is 35.5 Å². The third-order valence-corrected chi connectivity index (χ3v) is 9.77. The van der Waals surface area contributed by atoms with E-state index in [1.807, 2.05) is 18.2 Å². The lowest BCUT2D eigenvalue weighted by Crippen LogP contribution is -2.29. The molecule has 0 aliphatic heterocycles. The van der Waals surface area contributed by atoms with Crippen molar-refractivity contribution >= 4 is 34.8 Å². The first-order valence-electron chi connectivity index (χ1n) is 16.5. The zero-order valence-corrected chi connectivity index (χ0v) is 25.1. The van der Waals surface area contributed by atoms with Gasteiger partial charge in [0, 0.05) is 34.8 Å². The standard InChI is InChI=1S/C34H53N3O3/c1-24(2)25-17-19-28(20-18-25)34(40)37-31-22-29(35-32(38)26-13-9-5-3-6-10-14-26)21-30(23-31)36-33(39)27-15-11-7-4-8-12-16-27/h21-28H,3-20H2,1-2H3,(H,35,38)(H,36,39)(H,37,40)/t25-,28-. The molecule has 40 heavy (non-hydrogen) atoms. The number of hydrogen-bond acceptors (Lipinski definition) is 3. The van der Waals surface area contributed by atoms with Crippen molar-refractivity contribution in [3.63, 3.8) is 0 Å². The second-order valence-corrected chi connectivity index (χ2v) is 13.2. The molecular formula is C34H53N3O3. The Balaban J connectivity index is 1.47. The van der Waals surface area contributed by atoms with Gasteiger partial charge in [-0.15, -0.1) is 0 Å². The van der Waals surface area contributed by atoms with Crippen LogP contribution >= 0.6 is 0 Å². The van der Waals surface area contributed by atoms with Crippen molar-refractivity contribution in [1.29, 1.82) is 0 Å². The van der Waals surface area contributed by atoms with E-state index in [1.54, 1.807) is 0 Å². The lowest BCUT2D eigenvalue weighted by molar-refractivity contribution is -0.121. The molecule has 0 heterocycles. The van der Waals surface area contributed by atoms with Crippen LogP contribution in [0.3, 0.4) is 0 Å². The van der Waals surface area contributed by atoms with Crippen LogP contribution in [-0.4, -0.2) is 17.7 Å². The van der Waals surface area contributed by atoms with Gasteiger partial charge in [0.25, 0.3) is 0 Å². The van der Waals surface area contributed by atoms with Crippen LogP contribution in [0.4, 0.5) is 17.1 Å². The van der Waals surface area contributed by atoms with Crippen molar-refractivity contribution in [3.05, 3.63) is 18.2 Å². The summed E-state index contributed by atoms with van der Waals surface area (Å²) in [6, 6.07) is 5.55. The van der Waals surface area contributed by atoms with Crippen LogP contribution in [-0.2, 0) is 14.4 Å². The fourth-order valence-electron chi connectivity index (χ4n) is 7.06. The molecule has 0 bridgehead atoms. The van der Waals surface area contributed by atoms with Gasteiger partial charge < -0.3 is 16.0 Å². The van der Waals surface area contributed by atoms with Crippen molar-refractivity contribution < 1.29 is 14.4 Å². The van der Waals surface area contributed by atoms with Crippen LogP contribution in [0.5, 0.6) is 0 Å². The van der Waals surface area contributed by atoms with Crippen molar-refractivity contribution in [3.8, 4) is 0 Å². The van der Waals surface area contributed by atoms with E-state index in [0.29, 0.717) is 28.9 Å². The predicted molar refractivity (Wildman–Crippen MR) is 164 cm³/mol. The Kier molecular flexibility index (Phi) is 11.9. The summed E-state index contributed by atoms with van der Waals surface area (Å²) in [4.78, 5) is 39.8. The predicted octanol–water partition coefficient (Wildman–Crippen LogP) is 8.69. The number of anilines is 3. The van der Waals surface area contributed by atoms with Gasteiger partial charge in [0.15, 0.2) is 0 Å². The summed E-state index contributed by atoms with van der Waals surface area (Å²) in [7, 11) is 0. The van der Waals surface area contributed by atoms with Gasteiger partial charge >= 0.3 is 0 Å². The maximum atomic E-state index is 13.3. The number of rotatable bonds is 7. The topological polar surface area (TPSA) is 87.3 Å². The molecule has 3 N–H and O–H groups in total. The Morgan fingerprint density at radius 3 is 1.12 bits per heavy atom. The Bertz CT molecular complexity index is 912. The first kappa shape index (κ1) is 30.6. The summed E-state index contributed by atoms with van der Waals surface area (Å²) in [6.07, 6.45) is 19.4. The number of hydrogen-bond donors (Lipinski definition) is 3. The summed E-state index contributed by atoms with van der Waals surface area (Å²) in [5, 5.41) is 9.42. The molecule has 0 spiro atoms. The molecule has 6 heteroatoms. The quantitative estimate of drug-likeness (QED) is 0.317. The molecule has 0 atom stereocenters. The van der Waals surface area contributed by atoms with Crippen molar-refractivity contribution in [2.45, 2.75) is 129 Å². The molecule has 4 rings (SSSR count). The van der Waals surface area contributed by atoms with Crippen LogP contribution in [0.25, 0.3) is 0 Å². The fraction of sp³-hybridized carbons (Fsp3) is 0.735. The Morgan fingerprint density at radius 2 is 0.800 bits per heavy atom. The molecule has 3 aliphatic carbocycles. The van der Waals surface area contributed by atoms with E-state index in [4.69, 9.17) is 0 Å². The molecule has 6 nitrogen and oxygen atoms in total. The van der Waals surface area contributed by atoms with Gasteiger partial charge in [-0.2, -0.15) is 0 Å². The van der Waals surface area contributed by atoms with Crippen LogP contribution in [0.15, 0.2) is 18.2 Å².